The minimum absolute atomic E-state index is 0.421. The summed E-state index contributed by atoms with van der Waals surface area (Å²) >= 11 is 0. The summed E-state index contributed by atoms with van der Waals surface area (Å²) in [5.41, 5.74) is 0. The monoisotopic (exact) mass is 131 g/mol. The highest BCUT2D eigenvalue weighted by Gasteiger charge is 2.11. The molecule has 0 bridgehead atoms. The summed E-state index contributed by atoms with van der Waals surface area (Å²) in [5.74, 6) is 0. The first-order valence-corrected chi connectivity index (χ1v) is 2.81. The Balaban J connectivity index is 2.78. The summed E-state index contributed by atoms with van der Waals surface area (Å²) in [5, 5.41) is 16.9. The van der Waals surface area contributed by atoms with Crippen molar-refractivity contribution in [1.29, 1.82) is 10.5 Å². The molecule has 1 unspecified atom stereocenters. The van der Waals surface area contributed by atoms with Gasteiger partial charge in [0, 0.05) is 6.20 Å². The molecule has 0 fully saturated rings. The molecule has 48 valence electrons. The van der Waals surface area contributed by atoms with Crippen LogP contribution in [0, 0.1) is 22.8 Å². The van der Waals surface area contributed by atoms with E-state index in [9.17, 15) is 0 Å². The second kappa shape index (κ2) is 2.70. The maximum absolute atomic E-state index is 8.46. The van der Waals surface area contributed by atoms with Gasteiger partial charge in [-0.3, -0.25) is 4.90 Å². The van der Waals surface area contributed by atoms with Crippen LogP contribution >= 0.6 is 0 Å². The zero-order valence-electron chi connectivity index (χ0n) is 5.23. The molecule has 0 aromatic heterocycles. The summed E-state index contributed by atoms with van der Waals surface area (Å²) in [6, 6.07) is 1.55. The van der Waals surface area contributed by atoms with Crippen LogP contribution in [0.3, 0.4) is 0 Å². The Bertz CT molecular complexity index is 223. The molecule has 3 heteroatoms. The van der Waals surface area contributed by atoms with Crippen molar-refractivity contribution in [1.82, 2.24) is 4.90 Å². The summed E-state index contributed by atoms with van der Waals surface area (Å²) in [6.45, 7) is 0. The average molecular weight is 131 g/mol. The molecule has 0 amide bonds. The smallest absolute Gasteiger partial charge is 0.185 e. The van der Waals surface area contributed by atoms with E-state index in [1.54, 1.807) is 24.4 Å². The molecule has 3 nitrogen and oxygen atoms in total. The van der Waals surface area contributed by atoms with Crippen LogP contribution in [0.4, 0.5) is 0 Å². The fourth-order valence-electron chi connectivity index (χ4n) is 0.698. The molecule has 1 heterocycles. The molecule has 10 heavy (non-hydrogen) atoms. The normalized spacial score (nSPS) is 21.8. The van der Waals surface area contributed by atoms with Gasteiger partial charge in [-0.15, -0.1) is 0 Å². The Morgan fingerprint density at radius 2 is 2.10 bits per heavy atom. The lowest BCUT2D eigenvalue weighted by Gasteiger charge is -2.14. The van der Waals surface area contributed by atoms with Gasteiger partial charge in [0.15, 0.2) is 6.19 Å². The Morgan fingerprint density at radius 3 is 2.60 bits per heavy atom. The summed E-state index contributed by atoms with van der Waals surface area (Å²) in [7, 11) is 0. The van der Waals surface area contributed by atoms with Crippen molar-refractivity contribution in [2.75, 3.05) is 0 Å². The number of nitrogens with zero attached hydrogens (tertiary/aromatic N) is 3. The van der Waals surface area contributed by atoms with Gasteiger partial charge in [-0.05, 0) is 12.2 Å². The first-order valence-electron chi connectivity index (χ1n) is 2.81. The number of nitriles is 2. The Morgan fingerprint density at radius 1 is 1.30 bits per heavy atom. The minimum Gasteiger partial charge on any atom is -0.266 e. The zero-order valence-corrected chi connectivity index (χ0v) is 5.23. The molecule has 1 rings (SSSR count). The lowest BCUT2D eigenvalue weighted by Crippen LogP contribution is -2.23. The quantitative estimate of drug-likeness (QED) is 0.456. The maximum Gasteiger partial charge on any atom is 0.185 e. The van der Waals surface area contributed by atoms with Gasteiger partial charge in [0.05, 0.1) is 6.07 Å². The fourth-order valence-corrected chi connectivity index (χ4v) is 0.698. The van der Waals surface area contributed by atoms with Gasteiger partial charge in [0.1, 0.15) is 6.04 Å². The fraction of sp³-hybridized carbons (Fsp3) is 0.143. The largest absolute Gasteiger partial charge is 0.266 e. The summed E-state index contributed by atoms with van der Waals surface area (Å²) < 4.78 is 0. The maximum atomic E-state index is 8.46. The van der Waals surface area contributed by atoms with Crippen molar-refractivity contribution < 1.29 is 0 Å². The molecule has 0 saturated carbocycles. The highest BCUT2D eigenvalue weighted by atomic mass is 15.1. The zero-order chi connectivity index (χ0) is 7.40. The average Bonchev–Trinajstić information content (AvgIpc) is 2.04. The van der Waals surface area contributed by atoms with E-state index in [0.717, 1.165) is 0 Å². The number of hydrogen-bond donors (Lipinski definition) is 0. The SMILES string of the molecule is N#CC1C=CC=CN1C#N. The first kappa shape index (κ1) is 6.38. The Hall–Kier alpha value is -1.74. The van der Waals surface area contributed by atoms with E-state index < -0.39 is 6.04 Å². The number of allylic oxidation sites excluding steroid dienone is 2. The van der Waals surface area contributed by atoms with E-state index in [2.05, 4.69) is 0 Å². The van der Waals surface area contributed by atoms with Crippen molar-refractivity contribution in [2.45, 2.75) is 6.04 Å². The van der Waals surface area contributed by atoms with Crippen LogP contribution in [0.1, 0.15) is 0 Å². The molecule has 1 aliphatic rings. The molecule has 0 aromatic carbocycles. The summed E-state index contributed by atoms with van der Waals surface area (Å²) in [6.07, 6.45) is 8.60. The summed E-state index contributed by atoms with van der Waals surface area (Å²) in [4.78, 5) is 1.29. The molecule has 0 spiro atoms. The van der Waals surface area contributed by atoms with Crippen LogP contribution in [0.25, 0.3) is 0 Å². The van der Waals surface area contributed by atoms with E-state index in [1.807, 2.05) is 12.3 Å². The third-order valence-electron chi connectivity index (χ3n) is 1.20. The van der Waals surface area contributed by atoms with E-state index in [4.69, 9.17) is 10.5 Å². The topological polar surface area (TPSA) is 50.8 Å². The lowest BCUT2D eigenvalue weighted by atomic mass is 10.2. The van der Waals surface area contributed by atoms with Crippen molar-refractivity contribution in [2.24, 2.45) is 0 Å². The molecule has 0 saturated heterocycles. The van der Waals surface area contributed by atoms with Gasteiger partial charge < -0.3 is 0 Å². The second-order valence-electron chi connectivity index (χ2n) is 1.81. The third-order valence-corrected chi connectivity index (χ3v) is 1.20. The van der Waals surface area contributed by atoms with Crippen molar-refractivity contribution in [3.63, 3.8) is 0 Å². The molecular formula is C7H5N3. The molecule has 0 aromatic rings. The predicted octanol–water partition coefficient (Wildman–Crippen LogP) is 0.745. The molecule has 0 aliphatic carbocycles. The van der Waals surface area contributed by atoms with Gasteiger partial charge >= 0.3 is 0 Å². The molecule has 1 atom stereocenters. The van der Waals surface area contributed by atoms with Gasteiger partial charge in [-0.25, -0.2) is 0 Å². The van der Waals surface area contributed by atoms with E-state index in [1.165, 1.54) is 4.90 Å². The van der Waals surface area contributed by atoms with Gasteiger partial charge in [-0.1, -0.05) is 6.08 Å². The van der Waals surface area contributed by atoms with Crippen molar-refractivity contribution >= 4 is 0 Å². The van der Waals surface area contributed by atoms with E-state index in [-0.39, 0.29) is 0 Å². The van der Waals surface area contributed by atoms with Crippen LogP contribution in [-0.2, 0) is 0 Å². The van der Waals surface area contributed by atoms with Gasteiger partial charge in [0.2, 0.25) is 0 Å². The molecular weight excluding hydrogens is 126 g/mol. The van der Waals surface area contributed by atoms with Gasteiger partial charge in [-0.2, -0.15) is 10.5 Å². The first-order chi connectivity index (χ1) is 4.88. The number of hydrogen-bond acceptors (Lipinski definition) is 3. The standard InChI is InChI=1S/C7H5N3/c8-5-7-3-1-2-4-10(7)6-9/h1-4,7H. The molecule has 0 N–H and O–H groups in total. The third kappa shape index (κ3) is 0.985. The van der Waals surface area contributed by atoms with Crippen LogP contribution in [-0.4, -0.2) is 10.9 Å². The van der Waals surface area contributed by atoms with E-state index in [0.29, 0.717) is 0 Å². The molecule has 0 radical (unpaired) electrons. The van der Waals surface area contributed by atoms with Crippen LogP contribution < -0.4 is 0 Å². The Kier molecular flexibility index (Phi) is 1.72. The van der Waals surface area contributed by atoms with Crippen LogP contribution in [0.5, 0.6) is 0 Å². The Labute approximate surface area is 59.1 Å². The lowest BCUT2D eigenvalue weighted by molar-refractivity contribution is 0.507. The van der Waals surface area contributed by atoms with Gasteiger partial charge in [0.25, 0.3) is 0 Å². The highest BCUT2D eigenvalue weighted by molar-refractivity contribution is 5.21. The van der Waals surface area contributed by atoms with Crippen molar-refractivity contribution in [3.8, 4) is 12.3 Å². The number of rotatable bonds is 0. The van der Waals surface area contributed by atoms with Crippen molar-refractivity contribution in [3.05, 3.63) is 24.4 Å². The highest BCUT2D eigenvalue weighted by Crippen LogP contribution is 2.04. The van der Waals surface area contributed by atoms with Crippen LogP contribution in [0.15, 0.2) is 24.4 Å². The van der Waals surface area contributed by atoms with Crippen LogP contribution in [0.2, 0.25) is 0 Å². The predicted molar refractivity (Wildman–Crippen MR) is 35.1 cm³/mol. The molecule has 1 aliphatic heterocycles. The van der Waals surface area contributed by atoms with E-state index >= 15 is 0 Å². The second-order valence-corrected chi connectivity index (χ2v) is 1.81. The minimum atomic E-state index is -0.421.